The summed E-state index contributed by atoms with van der Waals surface area (Å²) >= 11 is 5.85. The average Bonchev–Trinajstić information content (AvgIpc) is 3.12. The molecule has 0 radical (unpaired) electrons. The van der Waals surface area contributed by atoms with E-state index >= 15 is 0 Å². The van der Waals surface area contributed by atoms with Crippen LogP contribution >= 0.6 is 11.6 Å². The van der Waals surface area contributed by atoms with E-state index in [0.29, 0.717) is 22.7 Å². The Bertz CT molecular complexity index is 1280. The van der Waals surface area contributed by atoms with Gasteiger partial charge in [0, 0.05) is 39.8 Å². The van der Waals surface area contributed by atoms with E-state index < -0.39 is 0 Å². The van der Waals surface area contributed by atoms with Crippen LogP contribution in [-0.4, -0.2) is 16.7 Å². The number of nitriles is 1. The van der Waals surface area contributed by atoms with Crippen molar-refractivity contribution >= 4 is 34.6 Å². The SMILES string of the molecule is N#Cc1ccccc1Cn1cc(/C=N/NC(=O)c2ccc(Cl)cc2)c2ccccc21. The molecule has 5 nitrogen and oxygen atoms in total. The zero-order valence-corrected chi connectivity index (χ0v) is 16.7. The zero-order valence-electron chi connectivity index (χ0n) is 15.9. The standard InChI is InChI=1S/C24H17ClN4O/c25-21-11-9-17(10-12-21)24(30)28-27-14-20-16-29(23-8-4-3-7-22(20)23)15-19-6-2-1-5-18(19)13-26/h1-12,14,16H,15H2,(H,28,30)/b27-14+. The van der Waals surface area contributed by atoms with E-state index in [1.807, 2.05) is 54.7 Å². The highest BCUT2D eigenvalue weighted by atomic mass is 35.5. The predicted molar refractivity (Wildman–Crippen MR) is 119 cm³/mol. The van der Waals surface area contributed by atoms with E-state index in [0.717, 1.165) is 22.0 Å². The van der Waals surface area contributed by atoms with Crippen molar-refractivity contribution in [2.45, 2.75) is 6.54 Å². The Morgan fingerprint density at radius 1 is 1.07 bits per heavy atom. The molecule has 1 amide bonds. The number of nitrogens with zero attached hydrogens (tertiary/aromatic N) is 3. The summed E-state index contributed by atoms with van der Waals surface area (Å²) < 4.78 is 2.08. The first-order valence-electron chi connectivity index (χ1n) is 9.30. The van der Waals surface area contributed by atoms with Gasteiger partial charge in [0.1, 0.15) is 0 Å². The maximum Gasteiger partial charge on any atom is 0.271 e. The number of halogens is 1. The number of amides is 1. The van der Waals surface area contributed by atoms with Crippen LogP contribution in [0.1, 0.15) is 27.0 Å². The molecule has 1 aromatic heterocycles. The zero-order chi connectivity index (χ0) is 20.9. The largest absolute Gasteiger partial charge is 0.342 e. The summed E-state index contributed by atoms with van der Waals surface area (Å²) in [5.74, 6) is -0.311. The molecule has 0 atom stereocenters. The van der Waals surface area contributed by atoms with Crippen molar-refractivity contribution in [1.29, 1.82) is 5.26 Å². The minimum atomic E-state index is -0.311. The fourth-order valence-electron chi connectivity index (χ4n) is 3.29. The molecule has 4 aromatic rings. The predicted octanol–water partition coefficient (Wildman–Crippen LogP) is 4.98. The molecule has 0 saturated heterocycles. The normalized spacial score (nSPS) is 10.9. The molecule has 1 N–H and O–H groups in total. The number of carbonyl (C=O) groups is 1. The maximum absolute atomic E-state index is 12.2. The lowest BCUT2D eigenvalue weighted by molar-refractivity contribution is 0.0955. The topological polar surface area (TPSA) is 70.2 Å². The second kappa shape index (κ2) is 8.64. The van der Waals surface area contributed by atoms with Crippen LogP contribution in [0.5, 0.6) is 0 Å². The maximum atomic E-state index is 12.2. The van der Waals surface area contributed by atoms with E-state index in [9.17, 15) is 10.1 Å². The van der Waals surface area contributed by atoms with Crippen molar-refractivity contribution in [1.82, 2.24) is 9.99 Å². The Labute approximate surface area is 178 Å². The van der Waals surface area contributed by atoms with Gasteiger partial charge in [-0.1, -0.05) is 48.0 Å². The van der Waals surface area contributed by atoms with E-state index in [-0.39, 0.29) is 5.91 Å². The van der Waals surface area contributed by atoms with Crippen molar-refractivity contribution in [2.75, 3.05) is 0 Å². The highest BCUT2D eigenvalue weighted by molar-refractivity contribution is 6.30. The molecule has 30 heavy (non-hydrogen) atoms. The van der Waals surface area contributed by atoms with Gasteiger partial charge in [-0.2, -0.15) is 10.4 Å². The van der Waals surface area contributed by atoms with E-state index in [1.165, 1.54) is 0 Å². The molecule has 0 fully saturated rings. The number of para-hydroxylation sites is 1. The van der Waals surface area contributed by atoms with Gasteiger partial charge in [-0.15, -0.1) is 0 Å². The number of hydrogen-bond acceptors (Lipinski definition) is 3. The second-order valence-corrected chi connectivity index (χ2v) is 7.14. The fraction of sp³-hybridized carbons (Fsp3) is 0.0417. The first-order valence-corrected chi connectivity index (χ1v) is 9.68. The molecule has 0 aliphatic carbocycles. The van der Waals surface area contributed by atoms with Gasteiger partial charge in [-0.05, 0) is 42.0 Å². The summed E-state index contributed by atoms with van der Waals surface area (Å²) in [5.41, 5.74) is 6.52. The van der Waals surface area contributed by atoms with Crippen LogP contribution < -0.4 is 5.43 Å². The van der Waals surface area contributed by atoms with Crippen LogP contribution in [0.4, 0.5) is 0 Å². The van der Waals surface area contributed by atoms with Gasteiger partial charge < -0.3 is 4.57 Å². The molecule has 0 unspecified atom stereocenters. The van der Waals surface area contributed by atoms with Gasteiger partial charge in [0.05, 0.1) is 17.8 Å². The molecule has 4 rings (SSSR count). The minimum Gasteiger partial charge on any atom is -0.342 e. The van der Waals surface area contributed by atoms with Crippen molar-refractivity contribution in [3.63, 3.8) is 0 Å². The number of hydrogen-bond donors (Lipinski definition) is 1. The molecule has 146 valence electrons. The van der Waals surface area contributed by atoms with E-state index in [1.54, 1.807) is 30.5 Å². The van der Waals surface area contributed by atoms with Gasteiger partial charge in [-0.3, -0.25) is 4.79 Å². The van der Waals surface area contributed by atoms with Crippen LogP contribution in [-0.2, 0) is 6.54 Å². The molecule has 3 aromatic carbocycles. The molecular formula is C24H17ClN4O. The summed E-state index contributed by atoms with van der Waals surface area (Å²) in [6.07, 6.45) is 3.60. The Kier molecular flexibility index (Phi) is 5.60. The Hall–Kier alpha value is -3.88. The van der Waals surface area contributed by atoms with E-state index in [4.69, 9.17) is 11.6 Å². The number of rotatable bonds is 5. The van der Waals surface area contributed by atoms with Crippen LogP contribution in [0.25, 0.3) is 10.9 Å². The average molecular weight is 413 g/mol. The van der Waals surface area contributed by atoms with Crippen LogP contribution in [0.3, 0.4) is 0 Å². The third-order valence-electron chi connectivity index (χ3n) is 4.77. The molecule has 0 aliphatic rings. The summed E-state index contributed by atoms with van der Waals surface area (Å²) in [5, 5.41) is 15.1. The smallest absolute Gasteiger partial charge is 0.271 e. The van der Waals surface area contributed by atoms with Crippen molar-refractivity contribution in [3.05, 3.63) is 106 Å². The van der Waals surface area contributed by atoms with Crippen LogP contribution in [0.2, 0.25) is 5.02 Å². The molecule has 0 saturated carbocycles. The molecule has 6 heteroatoms. The van der Waals surface area contributed by atoms with E-state index in [2.05, 4.69) is 21.2 Å². The van der Waals surface area contributed by atoms with Crippen molar-refractivity contribution < 1.29 is 4.79 Å². The molecule has 0 spiro atoms. The van der Waals surface area contributed by atoms with Crippen molar-refractivity contribution in [3.8, 4) is 6.07 Å². The molecule has 1 heterocycles. The van der Waals surface area contributed by atoms with Crippen LogP contribution in [0.15, 0.2) is 84.1 Å². The van der Waals surface area contributed by atoms with Crippen LogP contribution in [0, 0.1) is 11.3 Å². The first-order chi connectivity index (χ1) is 14.7. The lowest BCUT2D eigenvalue weighted by Crippen LogP contribution is -2.17. The van der Waals surface area contributed by atoms with Gasteiger partial charge in [0.25, 0.3) is 5.91 Å². The third-order valence-corrected chi connectivity index (χ3v) is 5.03. The second-order valence-electron chi connectivity index (χ2n) is 6.70. The highest BCUT2D eigenvalue weighted by Gasteiger charge is 2.09. The summed E-state index contributed by atoms with van der Waals surface area (Å²) in [7, 11) is 0. The highest BCUT2D eigenvalue weighted by Crippen LogP contribution is 2.22. The Balaban J connectivity index is 1.59. The van der Waals surface area contributed by atoms with Crippen molar-refractivity contribution in [2.24, 2.45) is 5.10 Å². The van der Waals surface area contributed by atoms with Gasteiger partial charge >= 0.3 is 0 Å². The van der Waals surface area contributed by atoms with Gasteiger partial charge in [0.2, 0.25) is 0 Å². The number of nitrogens with one attached hydrogen (secondary N) is 1. The monoisotopic (exact) mass is 412 g/mol. The number of fused-ring (bicyclic) bond motifs is 1. The minimum absolute atomic E-state index is 0.311. The quantitative estimate of drug-likeness (QED) is 0.371. The number of carbonyl (C=O) groups excluding carboxylic acids is 1. The molecular weight excluding hydrogens is 396 g/mol. The lowest BCUT2D eigenvalue weighted by Gasteiger charge is -2.07. The lowest BCUT2D eigenvalue weighted by atomic mass is 10.1. The molecule has 0 aliphatic heterocycles. The summed E-state index contributed by atoms with van der Waals surface area (Å²) in [4.78, 5) is 12.2. The number of aromatic nitrogens is 1. The Morgan fingerprint density at radius 2 is 1.80 bits per heavy atom. The third kappa shape index (κ3) is 4.09. The van der Waals surface area contributed by atoms with Gasteiger partial charge in [-0.25, -0.2) is 5.43 Å². The molecule has 0 bridgehead atoms. The summed E-state index contributed by atoms with van der Waals surface area (Å²) in [6, 6.07) is 24.4. The number of benzene rings is 3. The van der Waals surface area contributed by atoms with Gasteiger partial charge in [0.15, 0.2) is 0 Å². The fourth-order valence-corrected chi connectivity index (χ4v) is 3.41. The first kappa shape index (κ1) is 19.4. The summed E-state index contributed by atoms with van der Waals surface area (Å²) in [6.45, 7) is 0.565. The Morgan fingerprint density at radius 3 is 2.60 bits per heavy atom. The number of hydrazone groups is 1.